The molecule has 8 nitrogen and oxygen atoms in total. The third-order valence-corrected chi connectivity index (χ3v) is 17.6. The summed E-state index contributed by atoms with van der Waals surface area (Å²) in [5, 5.41) is 4.66. The minimum Gasteiger partial charge on any atom is -0.748 e. The molecule has 0 N–H and O–H groups in total. The van der Waals surface area contributed by atoms with E-state index in [9.17, 15) is 13.0 Å². The molecular formula is C63H63N3O5S2. The first-order valence-electron chi connectivity index (χ1n) is 25.5. The van der Waals surface area contributed by atoms with Crippen LogP contribution in [0.2, 0.25) is 0 Å². The standard InChI is InChI=1S/C63H63N3O5S2/c1-7-8-18-41-64-55-37-31-45-21-12-14-25-49(45)59(55)62(3,4)57(64)39-35-53-51-27-16-17-28-52(51)54(61(53)66(47-23-10-9-11-24-47)73(70,71)48-33-29-44(2)30-34-48)36-40-58-63(5,6)60-50-26-15-13-22-46(50)32-38-56(60)65(58)42-19-20-43-72(67,68)69/h9-17,21-40H,7-8,18-20,41-43H2,1-6H3. The van der Waals surface area contributed by atoms with Gasteiger partial charge >= 0.3 is 0 Å². The average molecular weight is 1010 g/mol. The molecule has 0 unspecified atom stereocenters. The topological polar surface area (TPSA) is 101 Å². The third-order valence-electron chi connectivity index (χ3n) is 15.1. The van der Waals surface area contributed by atoms with Gasteiger partial charge in [0.05, 0.1) is 31.8 Å². The maximum atomic E-state index is 15.8. The van der Waals surface area contributed by atoms with Crippen molar-refractivity contribution < 1.29 is 26.0 Å². The molecule has 0 saturated heterocycles. The fourth-order valence-electron chi connectivity index (χ4n) is 11.6. The minimum absolute atomic E-state index is 0.174. The van der Waals surface area contributed by atoms with Crippen molar-refractivity contribution in [3.63, 3.8) is 0 Å². The van der Waals surface area contributed by atoms with Crippen LogP contribution in [0.3, 0.4) is 0 Å². The van der Waals surface area contributed by atoms with E-state index in [0.717, 1.165) is 87.1 Å². The molecule has 1 aliphatic carbocycles. The Morgan fingerprint density at radius 1 is 0.630 bits per heavy atom. The van der Waals surface area contributed by atoms with E-state index >= 15 is 8.42 Å². The van der Waals surface area contributed by atoms with Gasteiger partial charge in [-0.05, 0) is 127 Å². The van der Waals surface area contributed by atoms with Crippen molar-refractivity contribution in [3.05, 3.63) is 215 Å². The molecule has 10 rings (SSSR count). The molecule has 0 aromatic heterocycles. The Bertz CT molecular complexity index is 3700. The van der Waals surface area contributed by atoms with Crippen molar-refractivity contribution in [3.8, 4) is 0 Å². The molecule has 0 spiro atoms. The van der Waals surface area contributed by atoms with E-state index in [0.29, 0.717) is 24.4 Å². The van der Waals surface area contributed by atoms with E-state index in [2.05, 4.69) is 147 Å². The molecule has 3 aliphatic rings. The summed E-state index contributed by atoms with van der Waals surface area (Å²) in [4.78, 5) is 2.43. The lowest BCUT2D eigenvalue weighted by Gasteiger charge is -2.29. The molecule has 73 heavy (non-hydrogen) atoms. The zero-order chi connectivity index (χ0) is 51.3. The fraction of sp³-hybridized carbons (Fsp3) is 0.254. The SMILES string of the molecule is CCCCC[N+]1=C(/C=C/C2=C(N(c3ccccc3)S(=O)(=O)c3ccc(C)cc3)C(=C/C=C3/N(CCCCS(=O)(=O)[O-])c4ccc5ccccc5c4C3(C)C)/c3ccccc32)C(C)(C)c2c1ccc1ccccc21. The molecule has 2 aliphatic heterocycles. The van der Waals surface area contributed by atoms with Gasteiger partial charge in [0.2, 0.25) is 5.69 Å². The number of benzene rings is 7. The van der Waals surface area contributed by atoms with Gasteiger partial charge in [0.1, 0.15) is 6.54 Å². The molecule has 0 bridgehead atoms. The van der Waals surface area contributed by atoms with Gasteiger partial charge in [-0.25, -0.2) is 21.1 Å². The second-order valence-electron chi connectivity index (χ2n) is 20.7. The van der Waals surface area contributed by atoms with Crippen LogP contribution in [0.15, 0.2) is 192 Å². The lowest BCUT2D eigenvalue weighted by molar-refractivity contribution is -0.438. The lowest BCUT2D eigenvalue weighted by atomic mass is 9.79. The number of hydrogen-bond donors (Lipinski definition) is 0. The first-order valence-corrected chi connectivity index (χ1v) is 28.6. The largest absolute Gasteiger partial charge is 0.748 e. The van der Waals surface area contributed by atoms with Crippen LogP contribution in [-0.2, 0) is 31.0 Å². The highest BCUT2D eigenvalue weighted by Crippen LogP contribution is 2.53. The zero-order valence-electron chi connectivity index (χ0n) is 42.6. The first-order chi connectivity index (χ1) is 35.0. The summed E-state index contributed by atoms with van der Waals surface area (Å²) < 4.78 is 70.8. The number of para-hydroxylation sites is 1. The molecule has 2 heterocycles. The van der Waals surface area contributed by atoms with Gasteiger partial charge in [-0.1, -0.05) is 148 Å². The van der Waals surface area contributed by atoms with E-state index in [1.165, 1.54) is 26.3 Å². The number of sulfonamides is 1. The van der Waals surface area contributed by atoms with Gasteiger partial charge in [0.15, 0.2) is 5.71 Å². The Morgan fingerprint density at radius 3 is 1.95 bits per heavy atom. The quantitative estimate of drug-likeness (QED) is 0.0543. The summed E-state index contributed by atoms with van der Waals surface area (Å²) in [7, 11) is -8.66. The molecule has 0 amide bonds. The molecule has 0 fully saturated rings. The van der Waals surface area contributed by atoms with Crippen molar-refractivity contribution in [2.45, 2.75) is 89.4 Å². The van der Waals surface area contributed by atoms with Gasteiger partial charge < -0.3 is 9.45 Å². The van der Waals surface area contributed by atoms with Crippen molar-refractivity contribution in [1.29, 1.82) is 0 Å². The highest BCUT2D eigenvalue weighted by atomic mass is 32.2. The summed E-state index contributed by atoms with van der Waals surface area (Å²) in [5.41, 5.74) is 11.1. The molecule has 0 radical (unpaired) electrons. The Balaban J connectivity index is 1.23. The summed E-state index contributed by atoms with van der Waals surface area (Å²) in [6.45, 7) is 14.5. The van der Waals surface area contributed by atoms with Crippen LogP contribution in [0.4, 0.5) is 17.1 Å². The number of unbranched alkanes of at least 4 members (excludes halogenated alkanes) is 3. The normalized spacial score (nSPS) is 17.2. The summed E-state index contributed by atoms with van der Waals surface area (Å²) >= 11 is 0. The molecule has 10 heteroatoms. The molecular weight excluding hydrogens is 943 g/mol. The Kier molecular flexibility index (Phi) is 13.3. The number of allylic oxidation sites excluding steroid dienone is 7. The van der Waals surface area contributed by atoms with E-state index in [4.69, 9.17) is 0 Å². The van der Waals surface area contributed by atoms with E-state index < -0.39 is 36.7 Å². The maximum absolute atomic E-state index is 15.8. The molecule has 0 saturated carbocycles. The highest BCUT2D eigenvalue weighted by molar-refractivity contribution is 7.93. The van der Waals surface area contributed by atoms with E-state index in [1.807, 2.05) is 67.6 Å². The van der Waals surface area contributed by atoms with Gasteiger partial charge in [-0.3, -0.25) is 0 Å². The Labute approximate surface area is 431 Å². The van der Waals surface area contributed by atoms with Crippen molar-refractivity contribution >= 4 is 75.6 Å². The minimum atomic E-state index is -4.38. The number of nitrogens with zero attached hydrogens (tertiary/aromatic N) is 3. The average Bonchev–Trinajstić information content (AvgIpc) is 3.88. The number of rotatable bonds is 16. The van der Waals surface area contributed by atoms with Crippen LogP contribution in [-0.4, -0.2) is 50.5 Å². The van der Waals surface area contributed by atoms with Gasteiger partial charge in [-0.2, -0.15) is 4.58 Å². The summed E-state index contributed by atoms with van der Waals surface area (Å²) in [6.07, 6.45) is 12.5. The van der Waals surface area contributed by atoms with E-state index in [1.54, 1.807) is 12.1 Å². The van der Waals surface area contributed by atoms with Crippen LogP contribution in [0.25, 0.3) is 32.7 Å². The van der Waals surface area contributed by atoms with E-state index in [-0.39, 0.29) is 11.3 Å². The van der Waals surface area contributed by atoms with Crippen LogP contribution >= 0.6 is 0 Å². The number of anilines is 2. The summed E-state index contributed by atoms with van der Waals surface area (Å²) in [6, 6.07) is 50.3. The highest BCUT2D eigenvalue weighted by Gasteiger charge is 2.46. The predicted molar refractivity (Wildman–Crippen MR) is 300 cm³/mol. The number of aryl methyl sites for hydroxylation is 1. The van der Waals surface area contributed by atoms with Crippen LogP contribution in [0, 0.1) is 6.92 Å². The fourth-order valence-corrected chi connectivity index (χ4v) is 13.7. The number of fused-ring (bicyclic) bond motifs is 7. The van der Waals surface area contributed by atoms with Crippen LogP contribution in [0.1, 0.15) is 94.5 Å². The molecule has 0 atom stereocenters. The smallest absolute Gasteiger partial charge is 0.268 e. The monoisotopic (exact) mass is 1010 g/mol. The van der Waals surface area contributed by atoms with Crippen LogP contribution < -0.4 is 9.21 Å². The zero-order valence-corrected chi connectivity index (χ0v) is 44.2. The molecule has 7 aromatic rings. The van der Waals surface area contributed by atoms with Crippen molar-refractivity contribution in [2.24, 2.45) is 0 Å². The number of hydrogen-bond acceptors (Lipinski definition) is 6. The maximum Gasteiger partial charge on any atom is 0.268 e. The van der Waals surface area contributed by atoms with Crippen molar-refractivity contribution in [1.82, 2.24) is 0 Å². The Morgan fingerprint density at radius 2 is 1.26 bits per heavy atom. The van der Waals surface area contributed by atoms with Crippen molar-refractivity contribution in [2.75, 3.05) is 28.0 Å². The third kappa shape index (κ3) is 9.08. The predicted octanol–water partition coefficient (Wildman–Crippen LogP) is 14.1. The molecule has 372 valence electrons. The Hall–Kier alpha value is -6.85. The first kappa shape index (κ1) is 49.7. The van der Waals surface area contributed by atoms with Gasteiger partial charge in [0, 0.05) is 64.4 Å². The lowest BCUT2D eigenvalue weighted by Crippen LogP contribution is -2.31. The van der Waals surface area contributed by atoms with Gasteiger partial charge in [0.25, 0.3) is 10.0 Å². The summed E-state index contributed by atoms with van der Waals surface area (Å²) in [5.74, 6) is -0.431. The second-order valence-corrected chi connectivity index (χ2v) is 24.0. The van der Waals surface area contributed by atoms with Crippen LogP contribution in [0.5, 0.6) is 0 Å². The molecule has 7 aromatic carbocycles. The second kappa shape index (κ2) is 19.5. The van der Waals surface area contributed by atoms with Gasteiger partial charge in [-0.15, -0.1) is 0 Å².